The molecule has 23 heavy (non-hydrogen) atoms. The van der Waals surface area contributed by atoms with Crippen LogP contribution in [0.2, 0.25) is 6.04 Å². The van der Waals surface area contributed by atoms with Crippen LogP contribution in [0.1, 0.15) is 6.42 Å². The summed E-state index contributed by atoms with van der Waals surface area (Å²) in [5, 5.41) is 15.2. The molecule has 2 N–H and O–H groups in total. The average molecular weight is 360 g/mol. The van der Waals surface area contributed by atoms with E-state index in [1.54, 1.807) is 0 Å². The van der Waals surface area contributed by atoms with E-state index in [-0.39, 0.29) is 12.5 Å². The highest BCUT2D eigenvalue weighted by Gasteiger charge is 2.27. The van der Waals surface area contributed by atoms with Crippen LogP contribution in [0.4, 0.5) is 32.6 Å². The maximum atomic E-state index is 13.6. The fourth-order valence-corrected chi connectivity index (χ4v) is 2.31. The molecular weight excluding hydrogens is 347 g/mol. The number of hydrogen-bond acceptors (Lipinski definition) is 4. The number of carbonyl (C=O) groups is 1. The van der Waals surface area contributed by atoms with Crippen molar-refractivity contribution in [3.63, 3.8) is 0 Å². The second-order valence-corrected chi connectivity index (χ2v) is 5.70. The molecule has 0 aromatic heterocycles. The minimum absolute atomic E-state index is 0.0231. The van der Waals surface area contributed by atoms with Gasteiger partial charge >= 0.3 is 6.03 Å². The normalized spacial score (nSPS) is 11.5. The number of rotatable bonds is 7. The summed E-state index contributed by atoms with van der Waals surface area (Å²) in [6, 6.07) is -0.834. The van der Waals surface area contributed by atoms with Crippen LogP contribution in [-0.4, -0.2) is 44.2 Å². The van der Waals surface area contributed by atoms with Crippen LogP contribution in [0, 0.1) is 17.5 Å². The summed E-state index contributed by atoms with van der Waals surface area (Å²) in [5.41, 5.74) is -1.27. The number of aliphatic hydroxyl groups excluding tert-OH is 1. The zero-order chi connectivity index (χ0) is 17.6. The molecule has 2 amide bonds. The Balaban J connectivity index is 2.57. The predicted molar refractivity (Wildman–Crippen MR) is 70.4 cm³/mol. The van der Waals surface area contributed by atoms with Gasteiger partial charge in [-0.1, -0.05) is 8.96 Å². The summed E-state index contributed by atoms with van der Waals surface area (Å²) in [6.07, 6.45) is 0.0231. The Labute approximate surface area is 129 Å². The van der Waals surface area contributed by atoms with Crippen molar-refractivity contribution >= 4 is 21.5 Å². The summed E-state index contributed by atoms with van der Waals surface area (Å²) in [4.78, 5) is 11.4. The molecule has 130 valence electrons. The van der Waals surface area contributed by atoms with Gasteiger partial charge in [-0.25, -0.2) is 18.0 Å². The van der Waals surface area contributed by atoms with Gasteiger partial charge < -0.3 is 14.6 Å². The molecule has 1 rings (SSSR count). The van der Waals surface area contributed by atoms with Gasteiger partial charge in [-0.05, 0) is 24.6 Å². The Morgan fingerprint density at radius 1 is 1.22 bits per heavy atom. The summed E-state index contributed by atoms with van der Waals surface area (Å²) in [7, 11) is -1.35. The number of aliphatic hydroxyl groups is 2. The second-order valence-electron chi connectivity index (χ2n) is 4.25. The summed E-state index contributed by atoms with van der Waals surface area (Å²) in [6.45, 7) is -2.51. The van der Waals surface area contributed by atoms with Crippen molar-refractivity contribution in [2.45, 2.75) is 18.9 Å². The van der Waals surface area contributed by atoms with Crippen LogP contribution in [0.5, 0.6) is 0 Å². The molecule has 0 radical (unpaired) electrons. The number of benzene rings is 1. The summed E-state index contributed by atoms with van der Waals surface area (Å²) < 4.78 is 70.5. The second kappa shape index (κ2) is 8.76. The molecule has 0 atom stereocenters. The van der Waals surface area contributed by atoms with Crippen molar-refractivity contribution in [2.75, 3.05) is 11.7 Å². The van der Waals surface area contributed by atoms with Crippen LogP contribution >= 0.6 is 0 Å². The molecule has 0 aliphatic rings. The lowest BCUT2D eigenvalue weighted by Crippen LogP contribution is -2.35. The fourth-order valence-electron chi connectivity index (χ4n) is 1.50. The molecule has 0 fully saturated rings. The first-order valence-electron chi connectivity index (χ1n) is 6.30. The van der Waals surface area contributed by atoms with E-state index in [0.717, 1.165) is 0 Å². The average Bonchev–Trinajstić information content (AvgIpc) is 2.50. The minimum Gasteiger partial charge on any atom is -0.379 e. The van der Waals surface area contributed by atoms with Crippen LogP contribution in [-0.2, 0) is 4.43 Å². The van der Waals surface area contributed by atoms with Crippen molar-refractivity contribution in [1.82, 2.24) is 5.12 Å². The van der Waals surface area contributed by atoms with Crippen LogP contribution in [0.3, 0.4) is 0 Å². The highest BCUT2D eigenvalue weighted by molar-refractivity contribution is 6.27. The molecule has 0 saturated carbocycles. The Morgan fingerprint density at radius 3 is 2.48 bits per heavy atom. The Morgan fingerprint density at radius 2 is 1.87 bits per heavy atom. The zero-order valence-corrected chi connectivity index (χ0v) is 13.0. The van der Waals surface area contributed by atoms with E-state index in [9.17, 15) is 26.9 Å². The number of urea groups is 1. The van der Waals surface area contributed by atoms with Gasteiger partial charge in [0.25, 0.3) is 6.48 Å². The quantitative estimate of drug-likeness (QED) is 0.192. The summed E-state index contributed by atoms with van der Waals surface area (Å²) >= 11 is 0. The van der Waals surface area contributed by atoms with Crippen molar-refractivity contribution in [3.05, 3.63) is 29.6 Å². The summed E-state index contributed by atoms with van der Waals surface area (Å²) in [5.74, 6) is -5.54. The molecule has 0 spiro atoms. The molecule has 12 heteroatoms. The molecule has 0 heterocycles. The third-order valence-electron chi connectivity index (χ3n) is 2.62. The van der Waals surface area contributed by atoms with E-state index in [4.69, 9.17) is 10.2 Å². The molecule has 1 aromatic rings. The monoisotopic (exact) mass is 360 g/mol. The standard InChI is InChI=1S/C11H13F5N2O4Si/c12-6-2-3-7(9(14)8(6)13)18(16)10(19)17(15)4-1-5-23-22-11(20)21/h2-3,11,20-21H,1,4-5,23H2. The van der Waals surface area contributed by atoms with E-state index in [0.29, 0.717) is 12.1 Å². The van der Waals surface area contributed by atoms with Gasteiger partial charge in [0.05, 0.1) is 6.54 Å². The van der Waals surface area contributed by atoms with E-state index in [1.165, 1.54) is 0 Å². The molecule has 0 unspecified atom stereocenters. The first kappa shape index (κ1) is 19.3. The van der Waals surface area contributed by atoms with E-state index < -0.39 is 62.2 Å². The van der Waals surface area contributed by atoms with Crippen LogP contribution < -0.4 is 5.12 Å². The van der Waals surface area contributed by atoms with Crippen molar-refractivity contribution in [3.8, 4) is 0 Å². The van der Waals surface area contributed by atoms with E-state index >= 15 is 0 Å². The number of carbonyl (C=O) groups excluding carboxylic acids is 1. The third-order valence-corrected chi connectivity index (χ3v) is 3.94. The molecular formula is C11H13F5N2O4Si. The van der Waals surface area contributed by atoms with Crippen molar-refractivity contribution in [1.29, 1.82) is 0 Å². The van der Waals surface area contributed by atoms with Crippen molar-refractivity contribution in [2.24, 2.45) is 0 Å². The largest absolute Gasteiger partial charge is 0.381 e. The van der Waals surface area contributed by atoms with Crippen LogP contribution in [0.25, 0.3) is 0 Å². The molecule has 1 aromatic carbocycles. The zero-order valence-electron chi connectivity index (χ0n) is 11.6. The van der Waals surface area contributed by atoms with Gasteiger partial charge in [0.15, 0.2) is 27.2 Å². The van der Waals surface area contributed by atoms with Gasteiger partial charge in [0.1, 0.15) is 5.69 Å². The van der Waals surface area contributed by atoms with Gasteiger partial charge in [-0.15, -0.1) is 5.12 Å². The van der Waals surface area contributed by atoms with Gasteiger partial charge in [-0.3, -0.25) is 0 Å². The lowest BCUT2D eigenvalue weighted by atomic mass is 10.3. The topological polar surface area (TPSA) is 73.2 Å². The Kier molecular flexibility index (Phi) is 7.35. The highest BCUT2D eigenvalue weighted by Crippen LogP contribution is 2.25. The third kappa shape index (κ3) is 5.42. The molecule has 0 bridgehead atoms. The molecule has 0 aliphatic carbocycles. The smallest absolute Gasteiger partial charge is 0.379 e. The van der Waals surface area contributed by atoms with E-state index in [1.807, 2.05) is 0 Å². The van der Waals surface area contributed by atoms with Crippen molar-refractivity contribution < 1.29 is 41.6 Å². The number of amides is 2. The lowest BCUT2D eigenvalue weighted by molar-refractivity contribution is -0.180. The SMILES string of the molecule is O=C(N(F)CCC[SiH2]OC(O)O)N(F)c1ccc(F)c(F)c1F. The Hall–Kier alpha value is -1.76. The highest BCUT2D eigenvalue weighted by atomic mass is 28.2. The number of anilines is 1. The molecule has 0 aliphatic heterocycles. The molecule has 6 nitrogen and oxygen atoms in total. The minimum atomic E-state index is -1.99. The number of halogens is 5. The predicted octanol–water partition coefficient (Wildman–Crippen LogP) is 1.28. The van der Waals surface area contributed by atoms with Gasteiger partial charge in [-0.2, -0.15) is 5.12 Å². The van der Waals surface area contributed by atoms with Crippen LogP contribution in [0.15, 0.2) is 12.1 Å². The number of hydrogen-bond donors (Lipinski definition) is 2. The Bertz CT molecular complexity index is 551. The van der Waals surface area contributed by atoms with Gasteiger partial charge in [0.2, 0.25) is 0 Å². The molecule has 0 saturated heterocycles. The maximum Gasteiger partial charge on any atom is 0.381 e. The fraction of sp³-hybridized carbons (Fsp3) is 0.364. The van der Waals surface area contributed by atoms with Gasteiger partial charge in [0, 0.05) is 0 Å². The number of nitrogens with zero attached hydrogens (tertiary/aromatic N) is 2. The lowest BCUT2D eigenvalue weighted by Gasteiger charge is -2.18. The first-order chi connectivity index (χ1) is 10.8. The maximum absolute atomic E-state index is 13.6. The van der Waals surface area contributed by atoms with E-state index in [2.05, 4.69) is 4.43 Å². The first-order valence-corrected chi connectivity index (χ1v) is 7.87.